The van der Waals surface area contributed by atoms with Crippen molar-refractivity contribution in [2.45, 2.75) is 32.7 Å². The number of benzene rings is 2. The molecule has 3 aromatic rings. The number of aliphatic hydroxyl groups is 1. The second kappa shape index (κ2) is 7.97. The number of unbranched alkanes of at least 4 members (excludes halogenated alkanes) is 1. The van der Waals surface area contributed by atoms with Crippen molar-refractivity contribution in [2.24, 2.45) is 0 Å². The predicted octanol–water partition coefficient (Wildman–Crippen LogP) is 3.74. The number of aliphatic hydroxyl groups excluding tert-OH is 1. The van der Waals surface area contributed by atoms with Crippen LogP contribution in [0.2, 0.25) is 0 Å². The van der Waals surface area contributed by atoms with Crippen molar-refractivity contribution in [2.75, 3.05) is 13.2 Å². The maximum Gasteiger partial charge on any atom is 0.119 e. The second-order valence-corrected chi connectivity index (χ2v) is 6.01. The van der Waals surface area contributed by atoms with Crippen LogP contribution in [0.5, 0.6) is 5.75 Å². The first-order valence-electron chi connectivity index (χ1n) is 8.52. The van der Waals surface area contributed by atoms with Crippen LogP contribution < -0.4 is 4.74 Å². The zero-order valence-electron chi connectivity index (χ0n) is 14.1. The lowest BCUT2D eigenvalue weighted by atomic mass is 10.2. The van der Waals surface area contributed by atoms with Gasteiger partial charge < -0.3 is 14.4 Å². The lowest BCUT2D eigenvalue weighted by molar-refractivity contribution is 0.292. The summed E-state index contributed by atoms with van der Waals surface area (Å²) in [7, 11) is 0. The quantitative estimate of drug-likeness (QED) is 0.642. The standard InChI is InChI=1S/C20H24N2O2/c1-16-7-6-8-17(15-16)24-14-5-4-12-22-19-10-3-2-9-18(19)21-20(22)11-13-23/h2-3,6-10,15,23H,4-5,11-14H2,1H3. The molecule has 0 saturated heterocycles. The molecule has 1 aromatic heterocycles. The minimum Gasteiger partial charge on any atom is -0.494 e. The van der Waals surface area contributed by atoms with Crippen molar-refractivity contribution >= 4 is 11.0 Å². The maximum absolute atomic E-state index is 9.25. The Labute approximate surface area is 142 Å². The average Bonchev–Trinajstić information content (AvgIpc) is 2.93. The van der Waals surface area contributed by atoms with E-state index in [2.05, 4.69) is 34.7 Å². The van der Waals surface area contributed by atoms with E-state index in [1.54, 1.807) is 0 Å². The largest absolute Gasteiger partial charge is 0.494 e. The third-order valence-electron chi connectivity index (χ3n) is 4.10. The van der Waals surface area contributed by atoms with Crippen molar-refractivity contribution < 1.29 is 9.84 Å². The summed E-state index contributed by atoms with van der Waals surface area (Å²) in [6.45, 7) is 3.80. The topological polar surface area (TPSA) is 47.3 Å². The fourth-order valence-electron chi connectivity index (χ4n) is 2.93. The van der Waals surface area contributed by atoms with Gasteiger partial charge in [-0.05, 0) is 49.6 Å². The lowest BCUT2D eigenvalue weighted by Gasteiger charge is -2.10. The van der Waals surface area contributed by atoms with Crippen molar-refractivity contribution in [3.05, 3.63) is 59.9 Å². The van der Waals surface area contributed by atoms with Crippen LogP contribution in [0.4, 0.5) is 0 Å². The predicted molar refractivity (Wildman–Crippen MR) is 96.4 cm³/mol. The number of hydrogen-bond donors (Lipinski definition) is 1. The van der Waals surface area contributed by atoms with Gasteiger partial charge in [-0.3, -0.25) is 0 Å². The molecule has 0 amide bonds. The number of para-hydroxylation sites is 2. The molecule has 0 spiro atoms. The van der Waals surface area contributed by atoms with E-state index in [0.717, 1.165) is 42.0 Å². The van der Waals surface area contributed by atoms with Gasteiger partial charge in [0.25, 0.3) is 0 Å². The number of aromatic nitrogens is 2. The average molecular weight is 324 g/mol. The van der Waals surface area contributed by atoms with E-state index in [4.69, 9.17) is 4.74 Å². The third-order valence-corrected chi connectivity index (χ3v) is 4.10. The second-order valence-electron chi connectivity index (χ2n) is 6.01. The van der Waals surface area contributed by atoms with E-state index in [1.807, 2.05) is 30.3 Å². The van der Waals surface area contributed by atoms with Gasteiger partial charge in [0.05, 0.1) is 24.2 Å². The van der Waals surface area contributed by atoms with Crippen LogP contribution in [0.25, 0.3) is 11.0 Å². The summed E-state index contributed by atoms with van der Waals surface area (Å²) >= 11 is 0. The smallest absolute Gasteiger partial charge is 0.119 e. The minimum atomic E-state index is 0.125. The summed E-state index contributed by atoms with van der Waals surface area (Å²) in [6.07, 6.45) is 2.60. The van der Waals surface area contributed by atoms with Crippen LogP contribution in [0.1, 0.15) is 24.2 Å². The fourth-order valence-corrected chi connectivity index (χ4v) is 2.93. The zero-order chi connectivity index (χ0) is 16.8. The Morgan fingerprint density at radius 3 is 2.79 bits per heavy atom. The van der Waals surface area contributed by atoms with Crippen LogP contribution in [0.3, 0.4) is 0 Å². The van der Waals surface area contributed by atoms with Gasteiger partial charge in [-0.1, -0.05) is 24.3 Å². The van der Waals surface area contributed by atoms with Crippen molar-refractivity contribution in [3.63, 3.8) is 0 Å². The van der Waals surface area contributed by atoms with Gasteiger partial charge in [0.15, 0.2) is 0 Å². The molecule has 0 atom stereocenters. The van der Waals surface area contributed by atoms with Crippen LogP contribution in [-0.4, -0.2) is 27.9 Å². The van der Waals surface area contributed by atoms with E-state index < -0.39 is 0 Å². The molecule has 0 saturated carbocycles. The van der Waals surface area contributed by atoms with E-state index in [-0.39, 0.29) is 6.61 Å². The molecule has 1 N–H and O–H groups in total. The van der Waals surface area contributed by atoms with Crippen molar-refractivity contribution in [1.29, 1.82) is 0 Å². The monoisotopic (exact) mass is 324 g/mol. The molecular formula is C20H24N2O2. The van der Waals surface area contributed by atoms with Crippen molar-refractivity contribution in [3.8, 4) is 5.75 Å². The molecule has 0 aliphatic heterocycles. The van der Waals surface area contributed by atoms with Gasteiger partial charge in [-0.25, -0.2) is 4.98 Å². The van der Waals surface area contributed by atoms with Gasteiger partial charge in [0, 0.05) is 13.0 Å². The Bertz CT molecular complexity index is 795. The summed E-state index contributed by atoms with van der Waals surface area (Å²) < 4.78 is 8.03. The highest BCUT2D eigenvalue weighted by atomic mass is 16.5. The Morgan fingerprint density at radius 1 is 1.08 bits per heavy atom. The first-order chi connectivity index (χ1) is 11.8. The summed E-state index contributed by atoms with van der Waals surface area (Å²) in [6, 6.07) is 16.3. The minimum absolute atomic E-state index is 0.125. The number of hydrogen-bond acceptors (Lipinski definition) is 3. The third kappa shape index (κ3) is 3.95. The van der Waals surface area contributed by atoms with Gasteiger partial charge >= 0.3 is 0 Å². The molecule has 0 aliphatic carbocycles. The lowest BCUT2D eigenvalue weighted by Crippen LogP contribution is -2.07. The number of nitrogens with zero attached hydrogens (tertiary/aromatic N) is 2. The maximum atomic E-state index is 9.25. The number of aryl methyl sites for hydroxylation is 2. The first kappa shape index (κ1) is 16.5. The number of ether oxygens (including phenoxy) is 1. The molecule has 0 radical (unpaired) electrons. The SMILES string of the molecule is Cc1cccc(OCCCCn2c(CCO)nc3ccccc32)c1. The number of imidazole rings is 1. The zero-order valence-corrected chi connectivity index (χ0v) is 14.1. The van der Waals surface area contributed by atoms with Crippen molar-refractivity contribution in [1.82, 2.24) is 9.55 Å². The molecule has 4 heteroatoms. The van der Waals surface area contributed by atoms with Gasteiger partial charge in [0.1, 0.15) is 11.6 Å². The highest BCUT2D eigenvalue weighted by Crippen LogP contribution is 2.18. The molecular weight excluding hydrogens is 300 g/mol. The van der Waals surface area contributed by atoms with Gasteiger partial charge in [-0.2, -0.15) is 0 Å². The van der Waals surface area contributed by atoms with Crippen LogP contribution in [0.15, 0.2) is 48.5 Å². The molecule has 126 valence electrons. The Balaban J connectivity index is 1.56. The molecule has 1 heterocycles. The Hall–Kier alpha value is -2.33. The van der Waals surface area contributed by atoms with E-state index in [0.29, 0.717) is 13.0 Å². The van der Waals surface area contributed by atoms with Crippen LogP contribution >= 0.6 is 0 Å². The molecule has 3 rings (SSSR count). The summed E-state index contributed by atoms with van der Waals surface area (Å²) in [5, 5.41) is 9.25. The van der Waals surface area contributed by atoms with E-state index in [1.165, 1.54) is 5.56 Å². The van der Waals surface area contributed by atoms with Crippen LogP contribution in [-0.2, 0) is 13.0 Å². The first-order valence-corrected chi connectivity index (χ1v) is 8.52. The highest BCUT2D eigenvalue weighted by molar-refractivity contribution is 5.75. The molecule has 2 aromatic carbocycles. The number of rotatable bonds is 8. The molecule has 0 unspecified atom stereocenters. The van der Waals surface area contributed by atoms with E-state index >= 15 is 0 Å². The molecule has 0 fully saturated rings. The molecule has 0 aliphatic rings. The van der Waals surface area contributed by atoms with Gasteiger partial charge in [-0.15, -0.1) is 0 Å². The summed E-state index contributed by atoms with van der Waals surface area (Å²) in [5.74, 6) is 1.89. The molecule has 24 heavy (non-hydrogen) atoms. The fraction of sp³-hybridized carbons (Fsp3) is 0.350. The molecule has 4 nitrogen and oxygen atoms in total. The summed E-state index contributed by atoms with van der Waals surface area (Å²) in [4.78, 5) is 4.63. The molecule has 0 bridgehead atoms. The Morgan fingerprint density at radius 2 is 1.96 bits per heavy atom. The highest BCUT2D eigenvalue weighted by Gasteiger charge is 2.09. The van der Waals surface area contributed by atoms with Gasteiger partial charge in [0.2, 0.25) is 0 Å². The summed E-state index contributed by atoms with van der Waals surface area (Å²) in [5.41, 5.74) is 3.35. The van der Waals surface area contributed by atoms with E-state index in [9.17, 15) is 5.11 Å². The normalized spacial score (nSPS) is 11.1. The Kier molecular flexibility index (Phi) is 5.49. The number of fused-ring (bicyclic) bond motifs is 1. The van der Waals surface area contributed by atoms with Crippen LogP contribution in [0, 0.1) is 6.92 Å².